The van der Waals surface area contributed by atoms with Crippen molar-refractivity contribution in [1.29, 1.82) is 0 Å². The summed E-state index contributed by atoms with van der Waals surface area (Å²) in [6.45, 7) is 4.24. The average molecular weight is 652 g/mol. The zero-order chi connectivity index (χ0) is 34.3. The molecule has 3 atom stereocenters. The van der Waals surface area contributed by atoms with Gasteiger partial charge in [0, 0.05) is 19.4 Å². The molecule has 15 heteroatoms. The van der Waals surface area contributed by atoms with Gasteiger partial charge in [0.1, 0.15) is 17.8 Å². The SMILES string of the molecule is Cc1cc(O)cc(C)c1CC(NC(=O)C(CCCN=C(N)N)OC(N)=O)C(=O)NC(CCCCN)c1nc(Cc2ccccc2)no1. The zero-order valence-corrected chi connectivity index (χ0v) is 26.8. The first-order chi connectivity index (χ1) is 22.5. The Hall–Kier alpha value is -5.18. The minimum atomic E-state index is -1.31. The van der Waals surface area contributed by atoms with E-state index >= 15 is 0 Å². The Morgan fingerprint density at radius 3 is 2.32 bits per heavy atom. The molecule has 0 aliphatic carbocycles. The predicted octanol–water partition coefficient (Wildman–Crippen LogP) is 1.51. The van der Waals surface area contributed by atoms with Crippen LogP contribution in [-0.4, -0.2) is 64.3 Å². The largest absolute Gasteiger partial charge is 0.508 e. The van der Waals surface area contributed by atoms with Crippen molar-refractivity contribution in [3.63, 3.8) is 0 Å². The molecule has 0 fully saturated rings. The quantitative estimate of drug-likeness (QED) is 0.0589. The van der Waals surface area contributed by atoms with E-state index in [2.05, 4.69) is 25.8 Å². The number of aromatic nitrogens is 2. The van der Waals surface area contributed by atoms with Gasteiger partial charge in [0.2, 0.25) is 11.8 Å². The highest BCUT2D eigenvalue weighted by Gasteiger charge is 2.31. The molecule has 3 rings (SSSR count). The maximum Gasteiger partial charge on any atom is 0.405 e. The number of nitrogens with one attached hydrogen (secondary N) is 2. The number of amides is 3. The van der Waals surface area contributed by atoms with Crippen molar-refractivity contribution >= 4 is 23.9 Å². The molecule has 0 spiro atoms. The van der Waals surface area contributed by atoms with Gasteiger partial charge in [-0.25, -0.2) is 4.79 Å². The second-order valence-electron chi connectivity index (χ2n) is 11.3. The number of nitrogens with zero attached hydrogens (tertiary/aromatic N) is 3. The van der Waals surface area contributed by atoms with Crippen molar-refractivity contribution in [2.45, 2.75) is 77.0 Å². The van der Waals surface area contributed by atoms with Gasteiger partial charge in [0.25, 0.3) is 5.91 Å². The molecule has 3 aromatic rings. The average Bonchev–Trinajstić information content (AvgIpc) is 3.47. The summed E-state index contributed by atoms with van der Waals surface area (Å²) in [4.78, 5) is 47.6. The molecule has 0 bridgehead atoms. The van der Waals surface area contributed by atoms with E-state index in [1.165, 1.54) is 0 Å². The van der Waals surface area contributed by atoms with E-state index in [1.807, 2.05) is 30.3 Å². The van der Waals surface area contributed by atoms with Gasteiger partial charge in [-0.3, -0.25) is 14.6 Å². The number of ether oxygens (including phenoxy) is 1. The number of hydrogen-bond acceptors (Lipinski definition) is 10. The van der Waals surface area contributed by atoms with Crippen LogP contribution in [0, 0.1) is 13.8 Å². The lowest BCUT2D eigenvalue weighted by molar-refractivity contribution is -0.134. The molecular formula is C32H45N9O6. The summed E-state index contributed by atoms with van der Waals surface area (Å²) in [5, 5.41) is 19.9. The number of benzene rings is 2. The number of primary amides is 1. The Morgan fingerprint density at radius 1 is 0.979 bits per heavy atom. The van der Waals surface area contributed by atoms with Crippen LogP contribution >= 0.6 is 0 Å². The second-order valence-corrected chi connectivity index (χ2v) is 11.3. The van der Waals surface area contributed by atoms with Crippen molar-refractivity contribution in [1.82, 2.24) is 20.8 Å². The van der Waals surface area contributed by atoms with Crippen LogP contribution in [0.15, 0.2) is 52.0 Å². The monoisotopic (exact) mass is 651 g/mol. The Kier molecular flexibility index (Phi) is 14.0. The third kappa shape index (κ3) is 11.9. The summed E-state index contributed by atoms with van der Waals surface area (Å²) >= 11 is 0. The van der Waals surface area contributed by atoms with Gasteiger partial charge < -0.3 is 47.9 Å². The number of aliphatic imine (C=N–C) groups is 1. The fraction of sp³-hybridized carbons (Fsp3) is 0.438. The Labute approximate surface area is 273 Å². The summed E-state index contributed by atoms with van der Waals surface area (Å²) in [6, 6.07) is 11.0. The highest BCUT2D eigenvalue weighted by atomic mass is 16.6. The van der Waals surface area contributed by atoms with E-state index in [-0.39, 0.29) is 37.0 Å². The lowest BCUT2D eigenvalue weighted by Crippen LogP contribution is -2.52. The van der Waals surface area contributed by atoms with Gasteiger partial charge in [-0.05, 0) is 86.9 Å². The fourth-order valence-electron chi connectivity index (χ4n) is 5.12. The number of guanidine groups is 1. The summed E-state index contributed by atoms with van der Waals surface area (Å²) in [7, 11) is 0. The zero-order valence-electron chi connectivity index (χ0n) is 26.8. The molecule has 15 nitrogen and oxygen atoms in total. The topological polar surface area (TPSA) is 260 Å². The number of aryl methyl sites for hydroxylation is 2. The molecular weight excluding hydrogens is 606 g/mol. The number of carbonyl (C=O) groups excluding carboxylic acids is 3. The molecule has 0 saturated heterocycles. The maximum absolute atomic E-state index is 14.0. The van der Waals surface area contributed by atoms with Crippen molar-refractivity contribution in [2.24, 2.45) is 27.9 Å². The van der Waals surface area contributed by atoms with E-state index in [1.54, 1.807) is 26.0 Å². The molecule has 254 valence electrons. The minimum absolute atomic E-state index is 0.0467. The second kappa shape index (κ2) is 18.1. The first-order valence-corrected chi connectivity index (χ1v) is 15.4. The van der Waals surface area contributed by atoms with Crippen LogP contribution in [0.3, 0.4) is 0 Å². The highest BCUT2D eigenvalue weighted by molar-refractivity contribution is 5.90. The van der Waals surface area contributed by atoms with Gasteiger partial charge in [0.05, 0.1) is 0 Å². The normalized spacial score (nSPS) is 12.8. The van der Waals surface area contributed by atoms with Crippen LogP contribution in [0.4, 0.5) is 4.79 Å². The summed E-state index contributed by atoms with van der Waals surface area (Å²) in [5.41, 5.74) is 24.9. The molecule has 11 N–H and O–H groups in total. The van der Waals surface area contributed by atoms with Gasteiger partial charge in [-0.2, -0.15) is 4.98 Å². The number of aromatic hydroxyl groups is 1. The Morgan fingerprint density at radius 2 is 1.68 bits per heavy atom. The van der Waals surface area contributed by atoms with Gasteiger partial charge >= 0.3 is 6.09 Å². The first-order valence-electron chi connectivity index (χ1n) is 15.4. The van der Waals surface area contributed by atoms with E-state index in [9.17, 15) is 19.5 Å². The predicted molar refractivity (Wildman–Crippen MR) is 175 cm³/mol. The van der Waals surface area contributed by atoms with Gasteiger partial charge in [-0.1, -0.05) is 35.5 Å². The van der Waals surface area contributed by atoms with Gasteiger partial charge in [0.15, 0.2) is 17.9 Å². The molecule has 1 aromatic heterocycles. The molecule has 3 unspecified atom stereocenters. The minimum Gasteiger partial charge on any atom is -0.508 e. The highest BCUT2D eigenvalue weighted by Crippen LogP contribution is 2.24. The van der Waals surface area contributed by atoms with Crippen LogP contribution in [0.2, 0.25) is 0 Å². The lowest BCUT2D eigenvalue weighted by Gasteiger charge is -2.25. The fourth-order valence-corrected chi connectivity index (χ4v) is 5.12. The summed E-state index contributed by atoms with van der Waals surface area (Å²) in [6.07, 6.45) is 0.197. The Bertz CT molecular complexity index is 1480. The standard InChI is InChI=1S/C32H45N9O6/c1-19-15-22(42)16-20(2)23(19)18-25(39-29(44)26(46-32(36)45)12-8-14-37-31(34)35)28(43)38-24(11-6-7-13-33)30-40-27(41-47-30)17-21-9-4-3-5-10-21/h3-5,9-10,15-16,24-26,42H,6-8,11-14,17-18,33H2,1-2H3,(H2,36,45)(H,38,43)(H,39,44)(H4,34,35,37). The third-order valence-corrected chi connectivity index (χ3v) is 7.44. The molecule has 1 heterocycles. The maximum atomic E-state index is 14.0. The molecule has 3 amide bonds. The van der Waals surface area contributed by atoms with Crippen molar-refractivity contribution in [3.8, 4) is 5.75 Å². The van der Waals surface area contributed by atoms with E-state index in [0.29, 0.717) is 44.5 Å². The molecule has 0 radical (unpaired) electrons. The summed E-state index contributed by atoms with van der Waals surface area (Å²) < 4.78 is 10.7. The van der Waals surface area contributed by atoms with Crippen LogP contribution in [0.25, 0.3) is 0 Å². The van der Waals surface area contributed by atoms with E-state index in [4.69, 9.17) is 32.2 Å². The molecule has 47 heavy (non-hydrogen) atoms. The van der Waals surface area contributed by atoms with Crippen LogP contribution in [0.5, 0.6) is 5.75 Å². The smallest absolute Gasteiger partial charge is 0.405 e. The number of unbranched alkanes of at least 4 members (excludes halogenated alkanes) is 1. The molecule has 2 aromatic carbocycles. The molecule has 0 aliphatic rings. The lowest BCUT2D eigenvalue weighted by atomic mass is 9.95. The van der Waals surface area contributed by atoms with Crippen LogP contribution in [0.1, 0.15) is 72.1 Å². The van der Waals surface area contributed by atoms with Crippen molar-refractivity contribution in [2.75, 3.05) is 13.1 Å². The number of rotatable bonds is 18. The van der Waals surface area contributed by atoms with E-state index in [0.717, 1.165) is 22.3 Å². The van der Waals surface area contributed by atoms with Crippen LogP contribution < -0.4 is 33.6 Å². The number of carbonyl (C=O) groups is 3. The first kappa shape index (κ1) is 36.3. The van der Waals surface area contributed by atoms with Crippen molar-refractivity contribution in [3.05, 3.63) is 76.4 Å². The Balaban J connectivity index is 1.88. The van der Waals surface area contributed by atoms with Crippen molar-refractivity contribution < 1.29 is 28.8 Å². The summed E-state index contributed by atoms with van der Waals surface area (Å²) in [5.74, 6) is -0.635. The number of hydrogen-bond donors (Lipinski definition) is 7. The number of phenols is 1. The molecule has 0 saturated carbocycles. The van der Waals surface area contributed by atoms with Crippen LogP contribution in [-0.2, 0) is 27.2 Å². The molecule has 0 aliphatic heterocycles. The third-order valence-electron chi connectivity index (χ3n) is 7.44. The number of nitrogens with two attached hydrogens (primary N) is 4. The number of phenolic OH excluding ortho intramolecular Hbond substituents is 1. The van der Waals surface area contributed by atoms with E-state index < -0.39 is 36.1 Å². The van der Waals surface area contributed by atoms with Gasteiger partial charge in [-0.15, -0.1) is 0 Å².